The lowest BCUT2D eigenvalue weighted by molar-refractivity contribution is 0.938. The molecule has 104 valence electrons. The Balaban J connectivity index is 2.31. The highest BCUT2D eigenvalue weighted by Crippen LogP contribution is 2.28. The van der Waals surface area contributed by atoms with Gasteiger partial charge in [-0.15, -0.1) is 0 Å². The van der Waals surface area contributed by atoms with Gasteiger partial charge in [0.2, 0.25) is 0 Å². The molecule has 1 aromatic carbocycles. The fourth-order valence-electron chi connectivity index (χ4n) is 1.99. The standard InChI is InChI=1S/C13H8BrN5OS/c1-21-13-16-10(8(5-15)12(20)17-13)6-2-3-9-7(4-6)11(14)19-18-9/h2-4H,1H3,(H,18,19)(H,16,17,20). The van der Waals surface area contributed by atoms with Crippen molar-refractivity contribution in [1.29, 1.82) is 5.26 Å². The highest BCUT2D eigenvalue weighted by molar-refractivity contribution is 9.10. The number of H-pyrrole nitrogens is 2. The zero-order valence-electron chi connectivity index (χ0n) is 10.8. The molecule has 0 spiro atoms. The van der Waals surface area contributed by atoms with Crippen molar-refractivity contribution in [2.45, 2.75) is 5.16 Å². The molecule has 3 aromatic rings. The Morgan fingerprint density at radius 1 is 1.43 bits per heavy atom. The van der Waals surface area contributed by atoms with Crippen LogP contribution < -0.4 is 5.56 Å². The summed E-state index contributed by atoms with van der Waals surface area (Å²) < 4.78 is 0.743. The molecule has 0 unspecified atom stereocenters. The van der Waals surface area contributed by atoms with Crippen molar-refractivity contribution >= 4 is 38.6 Å². The van der Waals surface area contributed by atoms with Crippen LogP contribution >= 0.6 is 27.7 Å². The molecule has 0 fully saturated rings. The summed E-state index contributed by atoms with van der Waals surface area (Å²) in [4.78, 5) is 18.9. The summed E-state index contributed by atoms with van der Waals surface area (Å²) >= 11 is 4.69. The number of benzene rings is 1. The number of nitriles is 1. The molecule has 2 N–H and O–H groups in total. The number of halogens is 1. The number of hydrogen-bond acceptors (Lipinski definition) is 5. The summed E-state index contributed by atoms with van der Waals surface area (Å²) in [6, 6.07) is 7.37. The first kappa shape index (κ1) is 13.9. The number of nitrogens with one attached hydrogen (secondary N) is 2. The fourth-order valence-corrected chi connectivity index (χ4v) is 2.77. The lowest BCUT2D eigenvalue weighted by Crippen LogP contribution is -2.14. The number of fused-ring (bicyclic) bond motifs is 1. The second kappa shape index (κ2) is 5.35. The van der Waals surface area contributed by atoms with Gasteiger partial charge in [-0.05, 0) is 34.3 Å². The van der Waals surface area contributed by atoms with Gasteiger partial charge >= 0.3 is 0 Å². The molecule has 2 aromatic heterocycles. The molecule has 3 rings (SSSR count). The van der Waals surface area contributed by atoms with Crippen LogP contribution in [0.25, 0.3) is 22.2 Å². The summed E-state index contributed by atoms with van der Waals surface area (Å²) in [5.74, 6) is 0. The third-order valence-corrected chi connectivity index (χ3v) is 4.17. The first-order valence-electron chi connectivity index (χ1n) is 5.86. The molecule has 0 atom stereocenters. The molecular formula is C13H8BrN5OS. The van der Waals surface area contributed by atoms with E-state index in [1.54, 1.807) is 6.07 Å². The minimum absolute atomic E-state index is 0.00627. The summed E-state index contributed by atoms with van der Waals surface area (Å²) in [6.07, 6.45) is 1.81. The molecule has 8 heteroatoms. The van der Waals surface area contributed by atoms with E-state index in [2.05, 4.69) is 36.1 Å². The molecule has 0 aliphatic heterocycles. The van der Waals surface area contributed by atoms with E-state index in [1.807, 2.05) is 24.5 Å². The minimum Gasteiger partial charge on any atom is -0.300 e. The van der Waals surface area contributed by atoms with Gasteiger partial charge in [0, 0.05) is 10.9 Å². The van der Waals surface area contributed by atoms with Crippen molar-refractivity contribution in [3.8, 4) is 17.3 Å². The Hall–Kier alpha value is -2.11. The van der Waals surface area contributed by atoms with Crippen LogP contribution in [0.5, 0.6) is 0 Å². The third kappa shape index (κ3) is 2.34. The Bertz CT molecular complexity index is 940. The molecule has 0 bridgehead atoms. The van der Waals surface area contributed by atoms with Gasteiger partial charge in [0.1, 0.15) is 16.2 Å². The van der Waals surface area contributed by atoms with E-state index in [0.717, 1.165) is 15.5 Å². The minimum atomic E-state index is -0.432. The van der Waals surface area contributed by atoms with Crippen molar-refractivity contribution in [1.82, 2.24) is 20.2 Å². The van der Waals surface area contributed by atoms with Crippen LogP contribution in [0.15, 0.2) is 32.8 Å². The summed E-state index contributed by atoms with van der Waals surface area (Å²) in [5.41, 5.74) is 1.44. The maximum absolute atomic E-state index is 11.9. The summed E-state index contributed by atoms with van der Waals surface area (Å²) in [5, 5.41) is 17.5. The van der Waals surface area contributed by atoms with Gasteiger partial charge in [0.15, 0.2) is 5.16 Å². The largest absolute Gasteiger partial charge is 0.300 e. The maximum atomic E-state index is 11.9. The van der Waals surface area contributed by atoms with Crippen LogP contribution in [-0.2, 0) is 0 Å². The zero-order valence-corrected chi connectivity index (χ0v) is 13.2. The first-order chi connectivity index (χ1) is 10.1. The van der Waals surface area contributed by atoms with E-state index in [0.29, 0.717) is 16.4 Å². The van der Waals surface area contributed by atoms with Crippen molar-refractivity contribution in [2.75, 3.05) is 6.26 Å². The number of thioether (sulfide) groups is 1. The molecular weight excluding hydrogens is 354 g/mol. The predicted octanol–water partition coefficient (Wildman–Crippen LogP) is 2.67. The van der Waals surface area contributed by atoms with Crippen molar-refractivity contribution in [3.63, 3.8) is 0 Å². The molecule has 0 saturated heterocycles. The number of rotatable bonds is 2. The quantitative estimate of drug-likeness (QED) is 0.540. The second-order valence-corrected chi connectivity index (χ2v) is 5.77. The molecule has 2 heterocycles. The van der Waals surface area contributed by atoms with Gasteiger partial charge < -0.3 is 4.98 Å². The van der Waals surface area contributed by atoms with Crippen LogP contribution in [0.2, 0.25) is 0 Å². The van der Waals surface area contributed by atoms with Gasteiger partial charge in [0.05, 0.1) is 11.2 Å². The van der Waals surface area contributed by atoms with Gasteiger partial charge in [-0.1, -0.05) is 17.8 Å². The maximum Gasteiger partial charge on any atom is 0.270 e. The van der Waals surface area contributed by atoms with Crippen LogP contribution in [0, 0.1) is 11.3 Å². The third-order valence-electron chi connectivity index (χ3n) is 2.98. The number of nitrogens with zero attached hydrogens (tertiary/aromatic N) is 3. The SMILES string of the molecule is CSc1nc(-c2ccc3n[nH]c(Br)c3c2)c(C#N)c(=O)[nH]1. The van der Waals surface area contributed by atoms with E-state index < -0.39 is 5.56 Å². The smallest absolute Gasteiger partial charge is 0.270 e. The van der Waals surface area contributed by atoms with Crippen molar-refractivity contribution in [3.05, 3.63) is 38.7 Å². The van der Waals surface area contributed by atoms with E-state index in [4.69, 9.17) is 0 Å². The predicted molar refractivity (Wildman–Crippen MR) is 84.1 cm³/mol. The highest BCUT2D eigenvalue weighted by Gasteiger charge is 2.14. The molecule has 0 aliphatic rings. The number of aromatic amines is 2. The van der Waals surface area contributed by atoms with Crippen LogP contribution in [0.1, 0.15) is 5.56 Å². The van der Waals surface area contributed by atoms with Crippen molar-refractivity contribution in [2.24, 2.45) is 0 Å². The van der Waals surface area contributed by atoms with E-state index in [9.17, 15) is 10.1 Å². The Morgan fingerprint density at radius 2 is 2.24 bits per heavy atom. The first-order valence-corrected chi connectivity index (χ1v) is 7.88. The molecule has 6 nitrogen and oxygen atoms in total. The monoisotopic (exact) mass is 361 g/mol. The summed E-state index contributed by atoms with van der Waals surface area (Å²) in [7, 11) is 0. The highest BCUT2D eigenvalue weighted by atomic mass is 79.9. The van der Waals surface area contributed by atoms with E-state index in [-0.39, 0.29) is 5.56 Å². The van der Waals surface area contributed by atoms with Gasteiger partial charge in [-0.25, -0.2) is 4.98 Å². The zero-order chi connectivity index (χ0) is 15.0. The molecule has 0 aliphatic carbocycles. The fraction of sp³-hybridized carbons (Fsp3) is 0.0769. The summed E-state index contributed by atoms with van der Waals surface area (Å²) in [6.45, 7) is 0. The Morgan fingerprint density at radius 3 is 2.95 bits per heavy atom. The molecule has 0 radical (unpaired) electrons. The van der Waals surface area contributed by atoms with Crippen LogP contribution in [0.3, 0.4) is 0 Å². The Labute approximate surface area is 131 Å². The van der Waals surface area contributed by atoms with Crippen molar-refractivity contribution < 1.29 is 0 Å². The average molecular weight is 362 g/mol. The van der Waals surface area contributed by atoms with E-state index >= 15 is 0 Å². The molecule has 0 saturated carbocycles. The number of hydrogen-bond donors (Lipinski definition) is 2. The second-order valence-electron chi connectivity index (χ2n) is 4.18. The van der Waals surface area contributed by atoms with Crippen LogP contribution in [-0.4, -0.2) is 26.4 Å². The lowest BCUT2D eigenvalue weighted by atomic mass is 10.1. The lowest BCUT2D eigenvalue weighted by Gasteiger charge is -2.05. The van der Waals surface area contributed by atoms with Gasteiger partial charge in [-0.2, -0.15) is 10.4 Å². The molecule has 0 amide bonds. The number of aromatic nitrogens is 4. The van der Waals surface area contributed by atoms with Gasteiger partial charge in [0.25, 0.3) is 5.56 Å². The topological polar surface area (TPSA) is 98.2 Å². The van der Waals surface area contributed by atoms with E-state index in [1.165, 1.54) is 11.8 Å². The Kier molecular flexibility index (Phi) is 3.53. The molecule has 21 heavy (non-hydrogen) atoms. The van der Waals surface area contributed by atoms with Gasteiger partial charge in [-0.3, -0.25) is 9.89 Å². The van der Waals surface area contributed by atoms with Crippen LogP contribution in [0.4, 0.5) is 0 Å². The normalized spacial score (nSPS) is 10.7. The average Bonchev–Trinajstić information content (AvgIpc) is 2.87.